The Morgan fingerprint density at radius 1 is 1.14 bits per heavy atom. The normalized spacial score (nSPS) is 10.8. The highest BCUT2D eigenvalue weighted by atomic mass is 19.1. The average Bonchev–Trinajstić information content (AvgIpc) is 2.46. The van der Waals surface area contributed by atoms with Gasteiger partial charge in [-0.25, -0.2) is 9.37 Å². The van der Waals surface area contributed by atoms with E-state index in [1.54, 1.807) is 12.1 Å². The maximum atomic E-state index is 13.8. The number of nitrogen functional groups attached to an aromatic ring is 1. The van der Waals surface area contributed by atoms with Gasteiger partial charge in [-0.05, 0) is 31.2 Å². The molecule has 0 spiro atoms. The first kappa shape index (κ1) is 13.4. The van der Waals surface area contributed by atoms with Crippen LogP contribution in [0.1, 0.15) is 11.3 Å². The van der Waals surface area contributed by atoms with Gasteiger partial charge in [0, 0.05) is 22.3 Å². The average molecular weight is 282 g/mol. The monoisotopic (exact) mass is 282 g/mol. The highest BCUT2D eigenvalue weighted by Gasteiger charge is 2.07. The summed E-state index contributed by atoms with van der Waals surface area (Å²) in [7, 11) is 0. The molecule has 0 unspecified atom stereocenters. The summed E-state index contributed by atoms with van der Waals surface area (Å²) in [5.74, 6) is 0.284. The summed E-state index contributed by atoms with van der Waals surface area (Å²) in [5.41, 5.74) is 8.10. The molecule has 0 atom stereocenters. The van der Waals surface area contributed by atoms with E-state index >= 15 is 0 Å². The lowest BCUT2D eigenvalue weighted by Crippen LogP contribution is -2.00. The van der Waals surface area contributed by atoms with E-state index in [1.165, 1.54) is 6.07 Å². The molecule has 1 aromatic heterocycles. The Morgan fingerprint density at radius 3 is 2.81 bits per heavy atom. The molecule has 0 bridgehead atoms. The molecule has 3 rings (SSSR count). The number of ether oxygens (including phenoxy) is 1. The zero-order valence-corrected chi connectivity index (χ0v) is 11.6. The summed E-state index contributed by atoms with van der Waals surface area (Å²) < 4.78 is 19.5. The molecule has 1 heterocycles. The fourth-order valence-corrected chi connectivity index (χ4v) is 2.17. The standard InChI is InChI=1S/C17H15FN2O/c1-11-5-6-12-3-2-4-16(17(12)20-11)21-10-13-7-8-14(19)9-15(13)18/h2-9H,10,19H2,1H3. The third kappa shape index (κ3) is 2.79. The van der Waals surface area contributed by atoms with E-state index in [1.807, 2.05) is 37.3 Å². The van der Waals surface area contributed by atoms with Crippen molar-refractivity contribution in [2.75, 3.05) is 5.73 Å². The second-order valence-electron chi connectivity index (χ2n) is 4.92. The topological polar surface area (TPSA) is 48.1 Å². The van der Waals surface area contributed by atoms with Crippen LogP contribution in [0.25, 0.3) is 10.9 Å². The summed E-state index contributed by atoms with van der Waals surface area (Å²) >= 11 is 0. The first-order valence-electron chi connectivity index (χ1n) is 6.66. The van der Waals surface area contributed by atoms with Crippen molar-refractivity contribution in [1.29, 1.82) is 0 Å². The van der Waals surface area contributed by atoms with Crippen molar-refractivity contribution in [3.63, 3.8) is 0 Å². The Hall–Kier alpha value is -2.62. The van der Waals surface area contributed by atoms with E-state index < -0.39 is 0 Å². The van der Waals surface area contributed by atoms with E-state index in [2.05, 4.69) is 4.98 Å². The molecule has 0 amide bonds. The molecule has 2 N–H and O–H groups in total. The first-order valence-corrected chi connectivity index (χ1v) is 6.66. The minimum Gasteiger partial charge on any atom is -0.487 e. The van der Waals surface area contributed by atoms with Crippen LogP contribution in [0.15, 0.2) is 48.5 Å². The Morgan fingerprint density at radius 2 is 2.00 bits per heavy atom. The van der Waals surface area contributed by atoms with E-state index in [9.17, 15) is 4.39 Å². The highest BCUT2D eigenvalue weighted by molar-refractivity contribution is 5.84. The van der Waals surface area contributed by atoms with Gasteiger partial charge in [0.15, 0.2) is 0 Å². The molecular formula is C17H15FN2O. The number of hydrogen-bond donors (Lipinski definition) is 1. The molecule has 0 saturated heterocycles. The zero-order chi connectivity index (χ0) is 14.8. The number of nitrogens with two attached hydrogens (primary N) is 1. The van der Waals surface area contributed by atoms with Gasteiger partial charge in [-0.2, -0.15) is 0 Å². The van der Waals surface area contributed by atoms with E-state index in [-0.39, 0.29) is 12.4 Å². The maximum Gasteiger partial charge on any atom is 0.146 e. The number of nitrogens with zero attached hydrogens (tertiary/aromatic N) is 1. The largest absolute Gasteiger partial charge is 0.487 e. The summed E-state index contributed by atoms with van der Waals surface area (Å²) in [6.07, 6.45) is 0. The molecular weight excluding hydrogens is 267 g/mol. The number of para-hydroxylation sites is 1. The van der Waals surface area contributed by atoms with Gasteiger partial charge in [0.25, 0.3) is 0 Å². The number of halogens is 1. The number of hydrogen-bond acceptors (Lipinski definition) is 3. The van der Waals surface area contributed by atoms with Crippen LogP contribution in [0.3, 0.4) is 0 Å². The van der Waals surface area contributed by atoms with Crippen molar-refractivity contribution in [3.05, 3.63) is 65.6 Å². The van der Waals surface area contributed by atoms with Crippen LogP contribution >= 0.6 is 0 Å². The number of anilines is 1. The Bertz CT molecular complexity index is 802. The third-order valence-electron chi connectivity index (χ3n) is 3.28. The minimum absolute atomic E-state index is 0.140. The number of aryl methyl sites for hydroxylation is 1. The molecule has 0 aliphatic heterocycles. The van der Waals surface area contributed by atoms with Crippen LogP contribution in [-0.2, 0) is 6.61 Å². The lowest BCUT2D eigenvalue weighted by Gasteiger charge is -2.10. The smallest absolute Gasteiger partial charge is 0.146 e. The Kier molecular flexibility index (Phi) is 3.44. The molecule has 2 aromatic carbocycles. The molecule has 0 fully saturated rings. The van der Waals surface area contributed by atoms with Gasteiger partial charge in [0.1, 0.15) is 23.7 Å². The molecule has 4 heteroatoms. The SMILES string of the molecule is Cc1ccc2cccc(OCc3ccc(N)cc3F)c2n1. The number of fused-ring (bicyclic) bond motifs is 1. The van der Waals surface area contributed by atoms with Crippen molar-refractivity contribution in [1.82, 2.24) is 4.98 Å². The van der Waals surface area contributed by atoms with E-state index in [0.29, 0.717) is 17.0 Å². The van der Waals surface area contributed by atoms with Crippen molar-refractivity contribution in [2.24, 2.45) is 0 Å². The fraction of sp³-hybridized carbons (Fsp3) is 0.118. The zero-order valence-electron chi connectivity index (χ0n) is 11.6. The van der Waals surface area contributed by atoms with Crippen molar-refractivity contribution in [3.8, 4) is 5.75 Å². The predicted molar refractivity (Wildman–Crippen MR) is 81.6 cm³/mol. The maximum absolute atomic E-state index is 13.8. The number of aromatic nitrogens is 1. The number of benzene rings is 2. The second-order valence-corrected chi connectivity index (χ2v) is 4.92. The molecule has 3 nitrogen and oxygen atoms in total. The van der Waals surface area contributed by atoms with Crippen LogP contribution < -0.4 is 10.5 Å². The van der Waals surface area contributed by atoms with E-state index in [0.717, 1.165) is 16.6 Å². The molecule has 0 aliphatic carbocycles. The van der Waals surface area contributed by atoms with Crippen LogP contribution in [0.5, 0.6) is 5.75 Å². The third-order valence-corrected chi connectivity index (χ3v) is 3.28. The van der Waals surface area contributed by atoms with Gasteiger partial charge >= 0.3 is 0 Å². The van der Waals surface area contributed by atoms with Crippen LogP contribution in [0, 0.1) is 12.7 Å². The minimum atomic E-state index is -0.362. The van der Waals surface area contributed by atoms with Gasteiger partial charge in [0.2, 0.25) is 0 Å². The van der Waals surface area contributed by atoms with Gasteiger partial charge in [0.05, 0.1) is 0 Å². The lowest BCUT2D eigenvalue weighted by atomic mass is 10.2. The molecule has 0 saturated carbocycles. The van der Waals surface area contributed by atoms with Crippen molar-refractivity contribution >= 4 is 16.6 Å². The van der Waals surface area contributed by atoms with Gasteiger partial charge in [-0.15, -0.1) is 0 Å². The Labute approximate surface area is 122 Å². The fourth-order valence-electron chi connectivity index (χ4n) is 2.17. The van der Waals surface area contributed by atoms with Crippen molar-refractivity contribution < 1.29 is 9.13 Å². The van der Waals surface area contributed by atoms with Crippen LogP contribution in [0.2, 0.25) is 0 Å². The second kappa shape index (κ2) is 5.40. The molecule has 106 valence electrons. The van der Waals surface area contributed by atoms with Crippen LogP contribution in [-0.4, -0.2) is 4.98 Å². The Balaban J connectivity index is 1.90. The molecule has 0 radical (unpaired) electrons. The van der Waals surface area contributed by atoms with Crippen LogP contribution in [0.4, 0.5) is 10.1 Å². The van der Waals surface area contributed by atoms with Gasteiger partial charge in [-0.1, -0.05) is 24.3 Å². The highest BCUT2D eigenvalue weighted by Crippen LogP contribution is 2.25. The lowest BCUT2D eigenvalue weighted by molar-refractivity contribution is 0.303. The summed E-state index contributed by atoms with van der Waals surface area (Å²) in [6.45, 7) is 2.07. The molecule has 21 heavy (non-hydrogen) atoms. The quantitative estimate of drug-likeness (QED) is 0.742. The van der Waals surface area contributed by atoms with E-state index in [4.69, 9.17) is 10.5 Å². The predicted octanol–water partition coefficient (Wildman–Crippen LogP) is 3.84. The number of pyridine rings is 1. The summed E-state index contributed by atoms with van der Waals surface area (Å²) in [6, 6.07) is 14.2. The molecule has 3 aromatic rings. The van der Waals surface area contributed by atoms with Gasteiger partial charge in [-0.3, -0.25) is 0 Å². The first-order chi connectivity index (χ1) is 10.1. The van der Waals surface area contributed by atoms with Gasteiger partial charge < -0.3 is 10.5 Å². The summed E-state index contributed by atoms with van der Waals surface area (Å²) in [5, 5.41) is 0.996. The summed E-state index contributed by atoms with van der Waals surface area (Å²) in [4.78, 5) is 4.49. The molecule has 0 aliphatic rings. The van der Waals surface area contributed by atoms with Crippen molar-refractivity contribution in [2.45, 2.75) is 13.5 Å². The number of rotatable bonds is 3.